The Labute approximate surface area is 127 Å². The van der Waals surface area contributed by atoms with Gasteiger partial charge in [-0.05, 0) is 31.0 Å². The van der Waals surface area contributed by atoms with Gasteiger partial charge in [-0.25, -0.2) is 0 Å². The van der Waals surface area contributed by atoms with Crippen LogP contribution < -0.4 is 5.32 Å². The van der Waals surface area contributed by atoms with Crippen molar-refractivity contribution < 1.29 is 18.0 Å². The average Bonchev–Trinajstić information content (AvgIpc) is 2.91. The lowest BCUT2D eigenvalue weighted by Gasteiger charge is -2.23. The molecule has 1 fully saturated rings. The maximum absolute atomic E-state index is 12.9. The first-order valence-electron chi connectivity index (χ1n) is 6.53. The van der Waals surface area contributed by atoms with Gasteiger partial charge in [-0.2, -0.15) is 13.2 Å². The number of carbonyl (C=O) groups is 1. The second-order valence-electron chi connectivity index (χ2n) is 5.00. The van der Waals surface area contributed by atoms with E-state index in [1.807, 2.05) is 0 Å². The summed E-state index contributed by atoms with van der Waals surface area (Å²) in [5, 5.41) is 3.05. The van der Waals surface area contributed by atoms with E-state index in [-0.39, 0.29) is 36.5 Å². The van der Waals surface area contributed by atoms with Gasteiger partial charge in [0.15, 0.2) is 0 Å². The van der Waals surface area contributed by atoms with Crippen LogP contribution in [0.3, 0.4) is 0 Å². The summed E-state index contributed by atoms with van der Waals surface area (Å²) in [6, 6.07) is 5.09. The molecule has 0 aromatic heterocycles. The smallest absolute Gasteiger partial charge is 0.340 e. The number of likely N-dealkylation sites (N-methyl/N-ethyl adjacent to an activating group) is 1. The minimum atomic E-state index is -4.40. The number of carbonyl (C=O) groups excluding carboxylic acids is 1. The molecule has 0 radical (unpaired) electrons. The molecule has 1 saturated heterocycles. The molecule has 3 nitrogen and oxygen atoms in total. The van der Waals surface area contributed by atoms with E-state index in [4.69, 9.17) is 0 Å². The van der Waals surface area contributed by atoms with Crippen molar-refractivity contribution in [3.8, 4) is 0 Å². The van der Waals surface area contributed by atoms with Crippen molar-refractivity contribution in [2.75, 3.05) is 13.6 Å². The van der Waals surface area contributed by atoms with Gasteiger partial charge in [0.25, 0.3) is 0 Å². The molecule has 1 aliphatic rings. The SMILES string of the molecule is CN(Cc1ccccc1C(F)(F)F)C(=O)C1CCCN1.Cl. The quantitative estimate of drug-likeness (QED) is 0.928. The molecule has 0 saturated carbocycles. The van der Waals surface area contributed by atoms with E-state index in [0.29, 0.717) is 0 Å². The molecule has 1 atom stereocenters. The van der Waals surface area contributed by atoms with Gasteiger partial charge in [0.1, 0.15) is 0 Å². The number of amides is 1. The number of nitrogens with one attached hydrogen (secondary N) is 1. The summed E-state index contributed by atoms with van der Waals surface area (Å²) < 4.78 is 38.7. The van der Waals surface area contributed by atoms with Crippen molar-refractivity contribution in [2.24, 2.45) is 0 Å². The number of alkyl halides is 3. The number of nitrogens with zero attached hydrogens (tertiary/aromatic N) is 1. The first kappa shape index (κ1) is 17.8. The van der Waals surface area contributed by atoms with E-state index in [2.05, 4.69) is 5.32 Å². The third kappa shape index (κ3) is 4.35. The minimum Gasteiger partial charge on any atom is -0.340 e. The summed E-state index contributed by atoms with van der Waals surface area (Å²) in [7, 11) is 1.54. The Morgan fingerprint density at radius 3 is 2.62 bits per heavy atom. The van der Waals surface area contributed by atoms with Gasteiger partial charge >= 0.3 is 6.18 Å². The van der Waals surface area contributed by atoms with E-state index < -0.39 is 11.7 Å². The fraction of sp³-hybridized carbons (Fsp3) is 0.500. The fourth-order valence-corrected chi connectivity index (χ4v) is 2.43. The molecule has 1 aromatic rings. The highest BCUT2D eigenvalue weighted by Gasteiger charge is 2.34. The van der Waals surface area contributed by atoms with Gasteiger partial charge in [-0.15, -0.1) is 12.4 Å². The largest absolute Gasteiger partial charge is 0.416 e. The molecule has 0 spiro atoms. The molecule has 0 bridgehead atoms. The molecule has 1 aliphatic heterocycles. The monoisotopic (exact) mass is 322 g/mol. The molecular formula is C14H18ClF3N2O. The van der Waals surface area contributed by atoms with Gasteiger partial charge in [0.05, 0.1) is 11.6 Å². The van der Waals surface area contributed by atoms with E-state index in [1.54, 1.807) is 6.07 Å². The molecular weight excluding hydrogens is 305 g/mol. The van der Waals surface area contributed by atoms with Crippen LogP contribution in [0.15, 0.2) is 24.3 Å². The summed E-state index contributed by atoms with van der Waals surface area (Å²) in [5.41, 5.74) is -0.562. The second-order valence-corrected chi connectivity index (χ2v) is 5.00. The molecule has 0 aliphatic carbocycles. The summed E-state index contributed by atoms with van der Waals surface area (Å²) in [4.78, 5) is 13.4. The van der Waals surface area contributed by atoms with Crippen molar-refractivity contribution in [2.45, 2.75) is 31.6 Å². The van der Waals surface area contributed by atoms with E-state index in [9.17, 15) is 18.0 Å². The number of benzene rings is 1. The van der Waals surface area contributed by atoms with E-state index in [1.165, 1.54) is 24.1 Å². The highest BCUT2D eigenvalue weighted by molar-refractivity contribution is 5.85. The van der Waals surface area contributed by atoms with E-state index >= 15 is 0 Å². The number of hydrogen-bond acceptors (Lipinski definition) is 2. The number of rotatable bonds is 3. The molecule has 21 heavy (non-hydrogen) atoms. The van der Waals surface area contributed by atoms with Crippen LogP contribution in [0.5, 0.6) is 0 Å². The van der Waals surface area contributed by atoms with Crippen molar-refractivity contribution >= 4 is 18.3 Å². The minimum absolute atomic E-state index is 0. The lowest BCUT2D eigenvalue weighted by atomic mass is 10.1. The van der Waals surface area contributed by atoms with Crippen LogP contribution in [-0.2, 0) is 17.5 Å². The fourth-order valence-electron chi connectivity index (χ4n) is 2.43. The lowest BCUT2D eigenvalue weighted by Crippen LogP contribution is -2.41. The van der Waals surface area contributed by atoms with Gasteiger partial charge in [-0.1, -0.05) is 18.2 Å². The highest BCUT2D eigenvalue weighted by atomic mass is 35.5. The third-order valence-electron chi connectivity index (χ3n) is 3.46. The Balaban J connectivity index is 0.00000220. The first-order chi connectivity index (χ1) is 9.39. The third-order valence-corrected chi connectivity index (χ3v) is 3.46. The molecule has 1 aromatic carbocycles. The first-order valence-corrected chi connectivity index (χ1v) is 6.53. The molecule has 1 amide bonds. The number of hydrogen-bond donors (Lipinski definition) is 1. The predicted molar refractivity (Wildman–Crippen MR) is 76.2 cm³/mol. The normalized spacial score (nSPS) is 18.2. The van der Waals surface area contributed by atoms with Crippen LogP contribution in [0.1, 0.15) is 24.0 Å². The Bertz CT molecular complexity index is 487. The van der Waals surface area contributed by atoms with Crippen LogP contribution in [0.4, 0.5) is 13.2 Å². The summed E-state index contributed by atoms with van der Waals surface area (Å²) >= 11 is 0. The predicted octanol–water partition coefficient (Wildman–Crippen LogP) is 2.84. The van der Waals surface area contributed by atoms with Gasteiger partial charge in [0.2, 0.25) is 5.91 Å². The maximum atomic E-state index is 12.9. The summed E-state index contributed by atoms with van der Waals surface area (Å²) in [6.45, 7) is 0.746. The second kappa shape index (κ2) is 7.13. The Morgan fingerprint density at radius 2 is 2.05 bits per heavy atom. The van der Waals surface area contributed by atoms with Crippen molar-refractivity contribution in [3.05, 3.63) is 35.4 Å². The summed E-state index contributed by atoms with van der Waals surface area (Å²) in [5.74, 6) is -0.153. The van der Waals surface area contributed by atoms with Crippen LogP contribution in [0, 0.1) is 0 Å². The Hall–Kier alpha value is -1.27. The zero-order valence-electron chi connectivity index (χ0n) is 11.6. The van der Waals surface area contributed by atoms with Gasteiger partial charge in [-0.3, -0.25) is 4.79 Å². The van der Waals surface area contributed by atoms with Crippen molar-refractivity contribution in [1.29, 1.82) is 0 Å². The Morgan fingerprint density at radius 1 is 1.38 bits per heavy atom. The van der Waals surface area contributed by atoms with Crippen LogP contribution in [0.2, 0.25) is 0 Å². The van der Waals surface area contributed by atoms with Gasteiger partial charge < -0.3 is 10.2 Å². The standard InChI is InChI=1S/C14H17F3N2O.ClH/c1-19(13(20)12-7-4-8-18-12)9-10-5-2-3-6-11(10)14(15,16)17;/h2-3,5-6,12,18H,4,7-9H2,1H3;1H. The maximum Gasteiger partial charge on any atom is 0.416 e. The van der Waals surface area contributed by atoms with Gasteiger partial charge in [0, 0.05) is 13.6 Å². The summed E-state index contributed by atoms with van der Waals surface area (Å²) in [6.07, 6.45) is -2.74. The lowest BCUT2D eigenvalue weighted by molar-refractivity contribution is -0.139. The average molecular weight is 323 g/mol. The highest BCUT2D eigenvalue weighted by Crippen LogP contribution is 2.32. The Kier molecular flexibility index (Phi) is 6.04. The number of halogens is 4. The molecule has 7 heteroatoms. The van der Waals surface area contributed by atoms with Crippen LogP contribution in [-0.4, -0.2) is 30.4 Å². The zero-order chi connectivity index (χ0) is 14.8. The molecule has 118 valence electrons. The topological polar surface area (TPSA) is 32.3 Å². The molecule has 2 rings (SSSR count). The molecule has 1 unspecified atom stereocenters. The van der Waals surface area contributed by atoms with Crippen LogP contribution >= 0.6 is 12.4 Å². The zero-order valence-corrected chi connectivity index (χ0v) is 12.4. The molecule has 1 N–H and O–H groups in total. The van der Waals surface area contributed by atoms with Crippen molar-refractivity contribution in [1.82, 2.24) is 10.2 Å². The van der Waals surface area contributed by atoms with Crippen LogP contribution in [0.25, 0.3) is 0 Å². The van der Waals surface area contributed by atoms with Crippen molar-refractivity contribution in [3.63, 3.8) is 0 Å². The van der Waals surface area contributed by atoms with E-state index in [0.717, 1.165) is 25.5 Å². The molecule has 1 heterocycles.